The number of azo groups is 1. The number of nitro benzene ring substituents is 1. The zero-order valence-corrected chi connectivity index (χ0v) is 13.7. The van der Waals surface area contributed by atoms with Gasteiger partial charge in [0.05, 0.1) is 27.8 Å². The van der Waals surface area contributed by atoms with Crippen molar-refractivity contribution in [2.45, 2.75) is 6.54 Å². The van der Waals surface area contributed by atoms with E-state index < -0.39 is 10.8 Å². The van der Waals surface area contributed by atoms with Crippen LogP contribution in [0.3, 0.4) is 0 Å². The van der Waals surface area contributed by atoms with Crippen molar-refractivity contribution in [3.63, 3.8) is 0 Å². The van der Waals surface area contributed by atoms with E-state index in [9.17, 15) is 20.0 Å². The maximum absolute atomic E-state index is 12.2. The number of imidazole rings is 1. The Balaban J connectivity index is 1.62. The van der Waals surface area contributed by atoms with Crippen molar-refractivity contribution in [3.8, 4) is 5.88 Å². The van der Waals surface area contributed by atoms with Gasteiger partial charge in [0, 0.05) is 17.5 Å². The number of fused-ring (bicyclic) bond motifs is 2. The summed E-state index contributed by atoms with van der Waals surface area (Å²) in [4.78, 5) is 29.4. The van der Waals surface area contributed by atoms with E-state index in [0.717, 1.165) is 11.0 Å². The van der Waals surface area contributed by atoms with Gasteiger partial charge in [0.15, 0.2) is 5.69 Å². The van der Waals surface area contributed by atoms with E-state index in [1.165, 1.54) is 24.5 Å². The molecular weight excluding hydrogens is 352 g/mol. The molecule has 0 radical (unpaired) electrons. The maximum atomic E-state index is 12.2. The summed E-state index contributed by atoms with van der Waals surface area (Å²) in [7, 11) is 0. The lowest BCUT2D eigenvalue weighted by Crippen LogP contribution is -2.05. The molecule has 4 rings (SSSR count). The number of hydrogen-bond donors (Lipinski definition) is 2. The Morgan fingerprint density at radius 3 is 2.93 bits per heavy atom. The summed E-state index contributed by atoms with van der Waals surface area (Å²) in [5.41, 5.74) is 1.79. The van der Waals surface area contributed by atoms with Gasteiger partial charge in [0.1, 0.15) is 6.54 Å². The summed E-state index contributed by atoms with van der Waals surface area (Å²) in [6.45, 7) is -0.0761. The van der Waals surface area contributed by atoms with Crippen LogP contribution in [0.2, 0.25) is 0 Å². The Labute approximate surface area is 150 Å². The second-order valence-electron chi connectivity index (χ2n) is 5.76. The summed E-state index contributed by atoms with van der Waals surface area (Å²) in [6, 6.07) is 11.4. The topological polar surface area (TPSA) is 139 Å². The van der Waals surface area contributed by atoms with Crippen molar-refractivity contribution in [2.75, 3.05) is 0 Å². The minimum atomic E-state index is -0.558. The molecule has 0 saturated heterocycles. The normalized spacial score (nSPS) is 11.6. The number of carbonyl (C=O) groups excluding carboxylic acids is 1. The van der Waals surface area contributed by atoms with Crippen LogP contribution in [0.25, 0.3) is 21.9 Å². The van der Waals surface area contributed by atoms with Crippen molar-refractivity contribution < 1.29 is 14.8 Å². The van der Waals surface area contributed by atoms with Crippen LogP contribution in [0.15, 0.2) is 59.0 Å². The number of H-pyrrole nitrogens is 1. The smallest absolute Gasteiger partial charge is 0.284 e. The summed E-state index contributed by atoms with van der Waals surface area (Å²) in [5.74, 6) is -0.882. The molecule has 2 aromatic heterocycles. The molecule has 134 valence electrons. The summed E-state index contributed by atoms with van der Waals surface area (Å²) >= 11 is 0. The van der Waals surface area contributed by atoms with Crippen molar-refractivity contribution in [1.82, 2.24) is 14.5 Å². The molecule has 2 N–H and O–H groups in total. The molecule has 0 aliphatic carbocycles. The number of benzene rings is 2. The fourth-order valence-electron chi connectivity index (χ4n) is 2.79. The lowest BCUT2D eigenvalue weighted by Gasteiger charge is -1.99. The Bertz CT molecular complexity index is 1220. The highest BCUT2D eigenvalue weighted by Crippen LogP contribution is 2.37. The lowest BCUT2D eigenvalue weighted by atomic mass is 10.2. The van der Waals surface area contributed by atoms with Gasteiger partial charge in [-0.3, -0.25) is 14.9 Å². The van der Waals surface area contributed by atoms with Crippen molar-refractivity contribution >= 4 is 39.2 Å². The molecule has 0 atom stereocenters. The average Bonchev–Trinajstić information content (AvgIpc) is 3.20. The first-order chi connectivity index (χ1) is 13.0. The SMILES string of the molecule is O=C(Cn1cnc2ccccc21)N=Nc1c(O)[nH]c2ccc([N+](=O)[O-])cc12. The summed E-state index contributed by atoms with van der Waals surface area (Å²) in [6.07, 6.45) is 1.53. The van der Waals surface area contributed by atoms with Gasteiger partial charge in [0.25, 0.3) is 11.6 Å². The van der Waals surface area contributed by atoms with E-state index in [1.54, 1.807) is 4.57 Å². The van der Waals surface area contributed by atoms with Gasteiger partial charge >= 0.3 is 0 Å². The molecule has 2 heterocycles. The van der Waals surface area contributed by atoms with Gasteiger partial charge in [-0.05, 0) is 18.2 Å². The van der Waals surface area contributed by atoms with Crippen LogP contribution in [0.1, 0.15) is 0 Å². The Hall–Kier alpha value is -4.08. The first-order valence-electron chi connectivity index (χ1n) is 7.86. The number of rotatable bonds is 4. The third kappa shape index (κ3) is 2.99. The molecule has 0 spiro atoms. The van der Waals surface area contributed by atoms with Crippen LogP contribution < -0.4 is 0 Å². The standard InChI is InChI=1S/C17H12N6O4/c24-15(8-22-9-18-13-3-1-2-4-14(13)22)20-21-16-11-7-10(23(26)27)5-6-12(11)19-17(16)25/h1-7,9,19,25H,8H2. The summed E-state index contributed by atoms with van der Waals surface area (Å²) < 4.78 is 1.64. The van der Waals surface area contributed by atoms with Crippen molar-refractivity contribution in [1.29, 1.82) is 0 Å². The first-order valence-corrected chi connectivity index (χ1v) is 7.86. The molecule has 1 amide bonds. The molecule has 27 heavy (non-hydrogen) atoms. The highest BCUT2D eigenvalue weighted by atomic mass is 16.6. The molecule has 0 bridgehead atoms. The minimum absolute atomic E-state index is 0.0301. The number of carbonyl (C=O) groups is 1. The molecule has 0 aliphatic rings. The summed E-state index contributed by atoms with van der Waals surface area (Å²) in [5, 5.41) is 28.6. The Kier molecular flexibility index (Phi) is 3.84. The van der Waals surface area contributed by atoms with Gasteiger partial charge in [-0.2, -0.15) is 0 Å². The molecule has 0 fully saturated rings. The first kappa shape index (κ1) is 16.4. The van der Waals surface area contributed by atoms with Crippen LogP contribution in [0.5, 0.6) is 5.88 Å². The Morgan fingerprint density at radius 2 is 2.11 bits per heavy atom. The van der Waals surface area contributed by atoms with Gasteiger partial charge in [-0.1, -0.05) is 12.1 Å². The highest BCUT2D eigenvalue weighted by Gasteiger charge is 2.15. The molecule has 4 aromatic rings. The number of aromatic hydroxyl groups is 1. The van der Waals surface area contributed by atoms with Crippen LogP contribution >= 0.6 is 0 Å². The third-order valence-electron chi connectivity index (χ3n) is 4.04. The number of aromatic nitrogens is 3. The number of amides is 1. The number of para-hydroxylation sites is 2. The number of non-ortho nitro benzene ring substituents is 1. The predicted molar refractivity (Wildman–Crippen MR) is 95.9 cm³/mol. The van der Waals surface area contributed by atoms with E-state index in [2.05, 4.69) is 20.2 Å². The second kappa shape index (κ2) is 6.33. The van der Waals surface area contributed by atoms with E-state index in [0.29, 0.717) is 10.9 Å². The van der Waals surface area contributed by atoms with E-state index in [4.69, 9.17) is 0 Å². The van der Waals surface area contributed by atoms with Gasteiger partial charge in [0.2, 0.25) is 5.88 Å². The van der Waals surface area contributed by atoms with Crippen molar-refractivity contribution in [3.05, 3.63) is 58.9 Å². The fourth-order valence-corrected chi connectivity index (χ4v) is 2.79. The van der Waals surface area contributed by atoms with E-state index in [1.807, 2.05) is 24.3 Å². The minimum Gasteiger partial charge on any atom is -0.493 e. The average molecular weight is 364 g/mol. The van der Waals surface area contributed by atoms with Crippen LogP contribution in [-0.4, -0.2) is 30.5 Å². The molecule has 0 aliphatic heterocycles. The number of nitrogens with one attached hydrogen (secondary N) is 1. The monoisotopic (exact) mass is 364 g/mol. The quantitative estimate of drug-likeness (QED) is 0.324. The maximum Gasteiger partial charge on any atom is 0.284 e. The number of hydrogen-bond acceptors (Lipinski definition) is 6. The van der Waals surface area contributed by atoms with Gasteiger partial charge < -0.3 is 14.7 Å². The molecular formula is C17H12N6O4. The molecule has 10 nitrogen and oxygen atoms in total. The van der Waals surface area contributed by atoms with Crippen molar-refractivity contribution in [2.24, 2.45) is 10.2 Å². The predicted octanol–water partition coefficient (Wildman–Crippen LogP) is 3.44. The number of nitro groups is 1. The molecule has 0 saturated carbocycles. The van der Waals surface area contributed by atoms with Gasteiger partial charge in [-0.25, -0.2) is 4.98 Å². The highest BCUT2D eigenvalue weighted by molar-refractivity contribution is 5.95. The largest absolute Gasteiger partial charge is 0.493 e. The zero-order valence-electron chi connectivity index (χ0n) is 13.7. The second-order valence-corrected chi connectivity index (χ2v) is 5.76. The molecule has 0 unspecified atom stereocenters. The van der Waals surface area contributed by atoms with E-state index >= 15 is 0 Å². The Morgan fingerprint density at radius 1 is 1.30 bits per heavy atom. The lowest BCUT2D eigenvalue weighted by molar-refractivity contribution is -0.384. The fraction of sp³-hybridized carbons (Fsp3) is 0.0588. The van der Waals surface area contributed by atoms with Crippen LogP contribution in [0, 0.1) is 10.1 Å². The zero-order chi connectivity index (χ0) is 19.0. The third-order valence-corrected chi connectivity index (χ3v) is 4.04. The van der Waals surface area contributed by atoms with Crippen LogP contribution in [0.4, 0.5) is 11.4 Å². The van der Waals surface area contributed by atoms with E-state index in [-0.39, 0.29) is 23.8 Å². The molecule has 2 aromatic carbocycles. The molecule has 10 heteroatoms. The number of aromatic amines is 1. The van der Waals surface area contributed by atoms with Gasteiger partial charge in [-0.15, -0.1) is 10.2 Å². The van der Waals surface area contributed by atoms with Crippen LogP contribution in [-0.2, 0) is 11.3 Å². The number of nitrogens with zero attached hydrogens (tertiary/aromatic N) is 5.